The van der Waals surface area contributed by atoms with Crippen LogP contribution in [0.5, 0.6) is 11.5 Å². The molecule has 0 heterocycles. The molecule has 4 aromatic carbocycles. The summed E-state index contributed by atoms with van der Waals surface area (Å²) in [5, 5.41) is 4.27. The van der Waals surface area contributed by atoms with Crippen molar-refractivity contribution in [1.29, 1.82) is 0 Å². The summed E-state index contributed by atoms with van der Waals surface area (Å²) >= 11 is 0. The monoisotopic (exact) mass is 450 g/mol. The first-order valence-electron chi connectivity index (χ1n) is 11.1. The second-order valence-electron chi connectivity index (χ2n) is 7.52. The highest BCUT2D eigenvalue weighted by molar-refractivity contribution is 5.97. The van der Waals surface area contributed by atoms with E-state index in [1.807, 2.05) is 97.1 Å². The van der Waals surface area contributed by atoms with Crippen LogP contribution in [0.2, 0.25) is 0 Å². The van der Waals surface area contributed by atoms with Crippen molar-refractivity contribution in [1.82, 2.24) is 5.43 Å². The minimum absolute atomic E-state index is 0.0793. The molecule has 34 heavy (non-hydrogen) atoms. The van der Waals surface area contributed by atoms with Gasteiger partial charge in [-0.1, -0.05) is 91.0 Å². The van der Waals surface area contributed by atoms with Gasteiger partial charge < -0.3 is 9.47 Å². The highest BCUT2D eigenvalue weighted by atomic mass is 16.5. The average Bonchev–Trinajstić information content (AvgIpc) is 2.91. The van der Waals surface area contributed by atoms with Crippen molar-refractivity contribution in [2.75, 3.05) is 13.2 Å². The molecule has 0 saturated heterocycles. The Bertz CT molecular complexity index is 1160. The fourth-order valence-corrected chi connectivity index (χ4v) is 3.52. The lowest BCUT2D eigenvalue weighted by atomic mass is 9.92. The zero-order valence-corrected chi connectivity index (χ0v) is 18.7. The molecule has 0 saturated carbocycles. The Balaban J connectivity index is 1.39. The highest BCUT2D eigenvalue weighted by Gasteiger charge is 2.14. The maximum absolute atomic E-state index is 12.8. The van der Waals surface area contributed by atoms with Crippen molar-refractivity contribution >= 4 is 12.1 Å². The molecule has 1 N–H and O–H groups in total. The van der Waals surface area contributed by atoms with Gasteiger partial charge in [0.15, 0.2) is 0 Å². The molecule has 170 valence electrons. The highest BCUT2D eigenvalue weighted by Crippen LogP contribution is 2.23. The largest absolute Gasteiger partial charge is 0.490 e. The van der Waals surface area contributed by atoms with Crippen LogP contribution < -0.4 is 14.9 Å². The number of rotatable bonds is 10. The van der Waals surface area contributed by atoms with Crippen LogP contribution in [-0.2, 0) is 0 Å². The molecule has 0 atom stereocenters. The summed E-state index contributed by atoms with van der Waals surface area (Å²) in [7, 11) is 0. The van der Waals surface area contributed by atoms with E-state index in [9.17, 15) is 4.79 Å². The molecular formula is C29H26N2O3. The van der Waals surface area contributed by atoms with E-state index in [0.717, 1.165) is 16.9 Å². The topological polar surface area (TPSA) is 59.9 Å². The average molecular weight is 451 g/mol. The molecule has 0 bridgehead atoms. The van der Waals surface area contributed by atoms with E-state index >= 15 is 0 Å². The van der Waals surface area contributed by atoms with E-state index in [-0.39, 0.29) is 11.8 Å². The third kappa shape index (κ3) is 6.33. The number of para-hydroxylation sites is 2. The summed E-state index contributed by atoms with van der Waals surface area (Å²) in [6.45, 7) is 0.681. The first kappa shape index (κ1) is 22.8. The van der Waals surface area contributed by atoms with Gasteiger partial charge >= 0.3 is 0 Å². The minimum atomic E-state index is -0.337. The number of benzene rings is 4. The van der Waals surface area contributed by atoms with Crippen LogP contribution in [0.25, 0.3) is 0 Å². The predicted octanol–water partition coefficient (Wildman–Crippen LogP) is 5.69. The number of hydrazone groups is 1. The molecule has 5 nitrogen and oxygen atoms in total. The molecule has 0 aliphatic carbocycles. The SMILES string of the molecule is O=C(N/N=C\C(c1ccccc1)c1ccccc1)c1ccccc1OCCOc1ccccc1. The Hall–Kier alpha value is -4.38. The van der Waals surface area contributed by atoms with Crippen LogP contribution >= 0.6 is 0 Å². The third-order valence-electron chi connectivity index (χ3n) is 5.19. The van der Waals surface area contributed by atoms with Crippen molar-refractivity contribution in [2.24, 2.45) is 5.10 Å². The van der Waals surface area contributed by atoms with Gasteiger partial charge in [0.2, 0.25) is 0 Å². The second-order valence-corrected chi connectivity index (χ2v) is 7.52. The summed E-state index contributed by atoms with van der Waals surface area (Å²) in [6.07, 6.45) is 1.75. The lowest BCUT2D eigenvalue weighted by Gasteiger charge is -2.13. The van der Waals surface area contributed by atoms with Crippen LogP contribution in [0.3, 0.4) is 0 Å². The number of nitrogens with one attached hydrogen (secondary N) is 1. The van der Waals surface area contributed by atoms with Crippen molar-refractivity contribution in [3.63, 3.8) is 0 Å². The van der Waals surface area contributed by atoms with Gasteiger partial charge in [0.05, 0.1) is 5.56 Å². The van der Waals surface area contributed by atoms with E-state index in [4.69, 9.17) is 9.47 Å². The van der Waals surface area contributed by atoms with E-state index in [1.165, 1.54) is 0 Å². The van der Waals surface area contributed by atoms with Gasteiger partial charge in [-0.25, -0.2) is 5.43 Å². The smallest absolute Gasteiger partial charge is 0.275 e. The summed E-state index contributed by atoms with van der Waals surface area (Å²) in [5.41, 5.74) is 5.24. The van der Waals surface area contributed by atoms with Gasteiger partial charge in [-0.15, -0.1) is 0 Å². The summed E-state index contributed by atoms with van der Waals surface area (Å²) in [4.78, 5) is 12.8. The van der Waals surface area contributed by atoms with Crippen molar-refractivity contribution in [3.8, 4) is 11.5 Å². The quantitative estimate of drug-likeness (QED) is 0.192. The van der Waals surface area contributed by atoms with Gasteiger partial charge in [-0.2, -0.15) is 5.10 Å². The van der Waals surface area contributed by atoms with Gasteiger partial charge in [-0.3, -0.25) is 4.79 Å². The standard InChI is InChI=1S/C29H26N2O3/c32-29(26-18-10-11-19-28(26)34-21-20-33-25-16-8-3-9-17-25)31-30-22-27(23-12-4-1-5-13-23)24-14-6-2-7-15-24/h1-19,22,27H,20-21H2,(H,31,32)/b30-22-. The maximum atomic E-state index is 12.8. The molecule has 0 radical (unpaired) electrons. The van der Waals surface area contributed by atoms with Crippen LogP contribution in [0.4, 0.5) is 0 Å². The number of carbonyl (C=O) groups is 1. The summed E-state index contributed by atoms with van der Waals surface area (Å²) < 4.78 is 11.5. The first-order valence-corrected chi connectivity index (χ1v) is 11.1. The lowest BCUT2D eigenvalue weighted by molar-refractivity contribution is 0.0949. The Morgan fingerprint density at radius 2 is 1.24 bits per heavy atom. The molecule has 4 aromatic rings. The lowest BCUT2D eigenvalue weighted by Crippen LogP contribution is -2.20. The van der Waals surface area contributed by atoms with E-state index in [0.29, 0.717) is 24.5 Å². The van der Waals surface area contributed by atoms with Crippen LogP contribution in [0, 0.1) is 0 Å². The number of carbonyl (C=O) groups excluding carboxylic acids is 1. The number of hydrogen-bond acceptors (Lipinski definition) is 4. The first-order chi connectivity index (χ1) is 16.8. The third-order valence-corrected chi connectivity index (χ3v) is 5.19. The number of amides is 1. The molecule has 0 aliphatic heterocycles. The Morgan fingerprint density at radius 3 is 1.88 bits per heavy atom. The van der Waals surface area contributed by atoms with E-state index in [1.54, 1.807) is 24.4 Å². The molecule has 0 unspecified atom stereocenters. The van der Waals surface area contributed by atoms with Crippen molar-refractivity contribution < 1.29 is 14.3 Å². The van der Waals surface area contributed by atoms with Crippen LogP contribution in [0.1, 0.15) is 27.4 Å². The van der Waals surface area contributed by atoms with E-state index in [2.05, 4.69) is 10.5 Å². The predicted molar refractivity (Wildman–Crippen MR) is 135 cm³/mol. The molecule has 0 spiro atoms. The molecule has 5 heteroatoms. The minimum Gasteiger partial charge on any atom is -0.490 e. The van der Waals surface area contributed by atoms with Gasteiger partial charge in [0.1, 0.15) is 24.7 Å². The zero-order chi connectivity index (χ0) is 23.4. The summed E-state index contributed by atoms with van der Waals surface area (Å²) in [5.74, 6) is 0.840. The Labute approximate surface area is 199 Å². The van der Waals surface area contributed by atoms with Crippen LogP contribution in [0.15, 0.2) is 120 Å². The molecular weight excluding hydrogens is 424 g/mol. The number of hydrogen-bond donors (Lipinski definition) is 1. The van der Waals surface area contributed by atoms with Gasteiger partial charge in [0, 0.05) is 12.1 Å². The second kappa shape index (κ2) is 12.0. The molecule has 0 fully saturated rings. The summed E-state index contributed by atoms with van der Waals surface area (Å²) in [6, 6.07) is 36.7. The zero-order valence-electron chi connectivity index (χ0n) is 18.7. The number of nitrogens with zero attached hydrogens (tertiary/aromatic N) is 1. The van der Waals surface area contributed by atoms with Gasteiger partial charge in [-0.05, 0) is 35.4 Å². The normalized spacial score (nSPS) is 10.9. The molecule has 1 amide bonds. The van der Waals surface area contributed by atoms with Crippen molar-refractivity contribution in [3.05, 3.63) is 132 Å². The fraction of sp³-hybridized carbons (Fsp3) is 0.103. The van der Waals surface area contributed by atoms with E-state index < -0.39 is 0 Å². The fourth-order valence-electron chi connectivity index (χ4n) is 3.52. The van der Waals surface area contributed by atoms with Crippen LogP contribution in [-0.4, -0.2) is 25.3 Å². The van der Waals surface area contributed by atoms with Crippen molar-refractivity contribution in [2.45, 2.75) is 5.92 Å². The Morgan fingerprint density at radius 1 is 0.706 bits per heavy atom. The maximum Gasteiger partial charge on any atom is 0.275 e. The molecule has 4 rings (SSSR count). The van der Waals surface area contributed by atoms with Gasteiger partial charge in [0.25, 0.3) is 5.91 Å². The number of ether oxygens (including phenoxy) is 2. The molecule has 0 aliphatic rings. The Kier molecular flexibility index (Phi) is 8.06. The molecule has 0 aromatic heterocycles.